The molecule has 0 aliphatic carbocycles. The number of hydrogen-bond acceptors (Lipinski definition) is 4. The van der Waals surface area contributed by atoms with Crippen LogP contribution in [0.15, 0.2) is 0 Å². The molecule has 0 spiro atoms. The van der Waals surface area contributed by atoms with Crippen molar-refractivity contribution in [1.82, 2.24) is 5.32 Å². The van der Waals surface area contributed by atoms with Gasteiger partial charge in [0.05, 0.1) is 6.54 Å². The molecule has 1 unspecified atom stereocenters. The maximum Gasteiger partial charge on any atom is 0.223 e. The van der Waals surface area contributed by atoms with Gasteiger partial charge in [0.15, 0.2) is 6.29 Å². The van der Waals surface area contributed by atoms with Crippen LogP contribution >= 0.6 is 0 Å². The van der Waals surface area contributed by atoms with E-state index < -0.39 is 0 Å². The Bertz CT molecular complexity index is 182. The van der Waals surface area contributed by atoms with E-state index in [1.54, 1.807) is 0 Å². The van der Waals surface area contributed by atoms with Gasteiger partial charge in [-0.3, -0.25) is 4.79 Å². The van der Waals surface area contributed by atoms with Crippen molar-refractivity contribution in [2.45, 2.75) is 33.5 Å². The van der Waals surface area contributed by atoms with Gasteiger partial charge in [0.2, 0.25) is 5.91 Å². The Labute approximate surface area is 97.7 Å². The smallest absolute Gasteiger partial charge is 0.223 e. The highest BCUT2D eigenvalue weighted by molar-refractivity contribution is 5.78. The third kappa shape index (κ3) is 6.76. The monoisotopic (exact) mass is 232 g/mol. The van der Waals surface area contributed by atoms with Gasteiger partial charge < -0.3 is 20.5 Å². The van der Waals surface area contributed by atoms with Crippen LogP contribution in [0.5, 0.6) is 0 Å². The Morgan fingerprint density at radius 1 is 1.31 bits per heavy atom. The van der Waals surface area contributed by atoms with E-state index in [-0.39, 0.29) is 18.1 Å². The van der Waals surface area contributed by atoms with Gasteiger partial charge in [-0.25, -0.2) is 0 Å². The second-order valence-corrected chi connectivity index (χ2v) is 3.56. The summed E-state index contributed by atoms with van der Waals surface area (Å²) in [5.41, 5.74) is 5.39. The minimum Gasteiger partial charge on any atom is -0.351 e. The van der Waals surface area contributed by atoms with Gasteiger partial charge in [0, 0.05) is 19.1 Å². The third-order valence-corrected chi connectivity index (χ3v) is 2.20. The average molecular weight is 232 g/mol. The maximum absolute atomic E-state index is 11.6. The molecule has 5 nitrogen and oxygen atoms in total. The summed E-state index contributed by atoms with van der Waals surface area (Å²) in [6, 6.07) is 0. The molecule has 16 heavy (non-hydrogen) atoms. The van der Waals surface area contributed by atoms with Crippen molar-refractivity contribution < 1.29 is 14.3 Å². The van der Waals surface area contributed by atoms with Crippen molar-refractivity contribution in [1.29, 1.82) is 0 Å². The summed E-state index contributed by atoms with van der Waals surface area (Å²) in [5, 5.41) is 2.79. The number of carbonyl (C=O) groups is 1. The molecule has 0 bridgehead atoms. The first-order valence-electron chi connectivity index (χ1n) is 5.86. The second kappa shape index (κ2) is 9.57. The molecule has 0 aliphatic rings. The molecule has 0 aromatic carbocycles. The third-order valence-electron chi connectivity index (χ3n) is 2.20. The number of carbonyl (C=O) groups excluding carboxylic acids is 1. The molecular weight excluding hydrogens is 208 g/mol. The number of nitrogens with one attached hydrogen (secondary N) is 1. The lowest BCUT2D eigenvalue weighted by Gasteiger charge is -2.18. The number of amides is 1. The first-order chi connectivity index (χ1) is 7.65. The highest BCUT2D eigenvalue weighted by Gasteiger charge is 2.14. The molecule has 3 N–H and O–H groups in total. The van der Waals surface area contributed by atoms with Gasteiger partial charge in [0.1, 0.15) is 0 Å². The molecule has 0 radical (unpaired) electrons. The molecule has 0 aromatic rings. The summed E-state index contributed by atoms with van der Waals surface area (Å²) >= 11 is 0. The van der Waals surface area contributed by atoms with Gasteiger partial charge in [-0.1, -0.05) is 6.92 Å². The summed E-state index contributed by atoms with van der Waals surface area (Å²) in [7, 11) is 0. The zero-order chi connectivity index (χ0) is 12.4. The quantitative estimate of drug-likeness (QED) is 0.567. The van der Waals surface area contributed by atoms with Gasteiger partial charge in [-0.2, -0.15) is 0 Å². The Hall–Kier alpha value is -0.650. The highest BCUT2D eigenvalue weighted by atomic mass is 16.7. The molecule has 0 saturated carbocycles. The maximum atomic E-state index is 11.6. The highest BCUT2D eigenvalue weighted by Crippen LogP contribution is 2.00. The van der Waals surface area contributed by atoms with Crippen molar-refractivity contribution in [3.8, 4) is 0 Å². The van der Waals surface area contributed by atoms with Crippen LogP contribution in [0.2, 0.25) is 0 Å². The van der Waals surface area contributed by atoms with Crippen LogP contribution in [0.1, 0.15) is 27.2 Å². The van der Waals surface area contributed by atoms with Gasteiger partial charge in [-0.05, 0) is 26.8 Å². The minimum absolute atomic E-state index is 0.00476. The lowest BCUT2D eigenvalue weighted by Crippen LogP contribution is -2.38. The fourth-order valence-electron chi connectivity index (χ4n) is 1.28. The standard InChI is InChI=1S/C11H24N2O3/c1-4-15-10(16-5-2)8-13-11(14)9(3)6-7-12/h9-10H,4-8,12H2,1-3H3,(H,13,14). The van der Waals surface area contributed by atoms with Gasteiger partial charge >= 0.3 is 0 Å². The predicted molar refractivity (Wildman–Crippen MR) is 62.9 cm³/mol. The second-order valence-electron chi connectivity index (χ2n) is 3.56. The van der Waals surface area contributed by atoms with E-state index in [0.717, 1.165) is 0 Å². The molecule has 96 valence electrons. The van der Waals surface area contributed by atoms with Crippen LogP contribution in [0.4, 0.5) is 0 Å². The lowest BCUT2D eigenvalue weighted by atomic mass is 10.1. The molecule has 0 aromatic heterocycles. The van der Waals surface area contributed by atoms with Crippen LogP contribution in [0.25, 0.3) is 0 Å². The molecule has 0 heterocycles. The van der Waals surface area contributed by atoms with Crippen molar-refractivity contribution in [2.75, 3.05) is 26.3 Å². The molecule has 0 fully saturated rings. The van der Waals surface area contributed by atoms with E-state index in [4.69, 9.17) is 15.2 Å². The van der Waals surface area contributed by atoms with Crippen LogP contribution in [-0.2, 0) is 14.3 Å². The molecule has 0 aliphatic heterocycles. The largest absolute Gasteiger partial charge is 0.351 e. The lowest BCUT2D eigenvalue weighted by molar-refractivity contribution is -0.142. The van der Waals surface area contributed by atoms with Crippen molar-refractivity contribution in [2.24, 2.45) is 11.7 Å². The van der Waals surface area contributed by atoms with Crippen LogP contribution in [0, 0.1) is 5.92 Å². The number of rotatable bonds is 9. The SMILES string of the molecule is CCOC(CNC(=O)C(C)CCN)OCC. The molecule has 0 saturated heterocycles. The normalized spacial score (nSPS) is 12.8. The van der Waals surface area contributed by atoms with E-state index in [1.165, 1.54) is 0 Å². The van der Waals surface area contributed by atoms with E-state index in [2.05, 4.69) is 5.32 Å². The number of hydrogen-bond donors (Lipinski definition) is 2. The van der Waals surface area contributed by atoms with E-state index in [0.29, 0.717) is 32.7 Å². The van der Waals surface area contributed by atoms with E-state index >= 15 is 0 Å². The Morgan fingerprint density at radius 3 is 2.31 bits per heavy atom. The zero-order valence-corrected chi connectivity index (χ0v) is 10.5. The van der Waals surface area contributed by atoms with Crippen molar-refractivity contribution in [3.05, 3.63) is 0 Å². The summed E-state index contributed by atoms with van der Waals surface area (Å²) < 4.78 is 10.6. The average Bonchev–Trinajstić information content (AvgIpc) is 2.26. The molecule has 1 amide bonds. The Morgan fingerprint density at radius 2 is 1.88 bits per heavy atom. The Balaban J connectivity index is 3.85. The molecule has 0 rings (SSSR count). The van der Waals surface area contributed by atoms with E-state index in [1.807, 2.05) is 20.8 Å². The van der Waals surface area contributed by atoms with Crippen LogP contribution in [0.3, 0.4) is 0 Å². The fourth-order valence-corrected chi connectivity index (χ4v) is 1.28. The first-order valence-corrected chi connectivity index (χ1v) is 5.86. The van der Waals surface area contributed by atoms with Crippen molar-refractivity contribution in [3.63, 3.8) is 0 Å². The summed E-state index contributed by atoms with van der Waals surface area (Å²) in [5.74, 6) is -0.0660. The zero-order valence-electron chi connectivity index (χ0n) is 10.5. The molecule has 5 heteroatoms. The van der Waals surface area contributed by atoms with Crippen molar-refractivity contribution >= 4 is 5.91 Å². The summed E-state index contributed by atoms with van der Waals surface area (Å²) in [6.45, 7) is 7.69. The topological polar surface area (TPSA) is 73.6 Å². The molecular formula is C11H24N2O3. The summed E-state index contributed by atoms with van der Waals surface area (Å²) in [4.78, 5) is 11.6. The molecule has 1 atom stereocenters. The van der Waals surface area contributed by atoms with E-state index in [9.17, 15) is 4.79 Å². The fraction of sp³-hybridized carbons (Fsp3) is 0.909. The number of nitrogens with two attached hydrogens (primary N) is 1. The predicted octanol–water partition coefficient (Wildman–Crippen LogP) is 0.487. The summed E-state index contributed by atoms with van der Waals surface area (Å²) in [6.07, 6.45) is 0.337. The van der Waals surface area contributed by atoms with Gasteiger partial charge in [-0.15, -0.1) is 0 Å². The van der Waals surface area contributed by atoms with Crippen LogP contribution < -0.4 is 11.1 Å². The number of ether oxygens (including phenoxy) is 2. The van der Waals surface area contributed by atoms with Gasteiger partial charge in [0.25, 0.3) is 0 Å². The van der Waals surface area contributed by atoms with Crippen LogP contribution in [-0.4, -0.2) is 38.5 Å². The minimum atomic E-state index is -0.357. The Kier molecular flexibility index (Phi) is 9.18. The first kappa shape index (κ1) is 15.3.